The molecule has 0 saturated carbocycles. The van der Waals surface area contributed by atoms with Crippen molar-refractivity contribution >= 4 is 34.3 Å². The van der Waals surface area contributed by atoms with E-state index in [9.17, 15) is 14.0 Å². The Kier molecular flexibility index (Phi) is 5.17. The van der Waals surface area contributed by atoms with Crippen LogP contribution >= 0.6 is 11.6 Å². The fourth-order valence-corrected chi connectivity index (χ4v) is 4.59. The third kappa shape index (κ3) is 3.38. The van der Waals surface area contributed by atoms with Gasteiger partial charge < -0.3 is 0 Å². The maximum atomic E-state index is 14.3. The van der Waals surface area contributed by atoms with Gasteiger partial charge in [0, 0.05) is 22.2 Å². The Morgan fingerprint density at radius 1 is 1.00 bits per heavy atom. The van der Waals surface area contributed by atoms with Crippen molar-refractivity contribution in [2.45, 2.75) is 26.3 Å². The Morgan fingerprint density at radius 2 is 1.70 bits per heavy atom. The molecule has 1 aliphatic heterocycles. The second kappa shape index (κ2) is 8.05. The van der Waals surface area contributed by atoms with Crippen molar-refractivity contribution in [3.05, 3.63) is 94.0 Å². The Labute approximate surface area is 194 Å². The molecule has 0 radical (unpaired) electrons. The summed E-state index contributed by atoms with van der Waals surface area (Å²) in [5, 5.41) is 1.21. The average Bonchev–Trinajstić information content (AvgIpc) is 3.08. The lowest BCUT2D eigenvalue weighted by atomic mass is 9.96. The van der Waals surface area contributed by atoms with E-state index in [-0.39, 0.29) is 11.8 Å². The monoisotopic (exact) mass is 459 g/mol. The van der Waals surface area contributed by atoms with Gasteiger partial charge in [0.15, 0.2) is 0 Å². The van der Waals surface area contributed by atoms with Gasteiger partial charge in [0.1, 0.15) is 5.82 Å². The molecule has 33 heavy (non-hydrogen) atoms. The number of halogens is 2. The van der Waals surface area contributed by atoms with E-state index in [1.54, 1.807) is 37.3 Å². The molecule has 0 fully saturated rings. The van der Waals surface area contributed by atoms with Crippen molar-refractivity contribution in [1.29, 1.82) is 0 Å². The summed E-state index contributed by atoms with van der Waals surface area (Å²) in [5.74, 6) is -1.23. The molecule has 0 aliphatic carbocycles. The maximum absolute atomic E-state index is 14.3. The third-order valence-electron chi connectivity index (χ3n) is 6.02. The molecular formula is C26H19ClFN3O2. The van der Waals surface area contributed by atoms with Crippen LogP contribution in [0.5, 0.6) is 0 Å². The predicted molar refractivity (Wildman–Crippen MR) is 125 cm³/mol. The lowest BCUT2D eigenvalue weighted by molar-refractivity contribution is 0.0595. The molecule has 3 heterocycles. The number of hydrogen-bond acceptors (Lipinski definition) is 4. The molecule has 0 spiro atoms. The van der Waals surface area contributed by atoms with Gasteiger partial charge in [-0.05, 0) is 43.7 Å². The Bertz CT molecular complexity index is 1420. The third-order valence-corrected chi connectivity index (χ3v) is 6.32. The number of carbonyl (C=O) groups excluding carboxylic acids is 2. The lowest BCUT2D eigenvalue weighted by Crippen LogP contribution is -2.33. The molecular weight excluding hydrogens is 441 g/mol. The molecule has 1 aliphatic rings. The van der Waals surface area contributed by atoms with Gasteiger partial charge in [0.25, 0.3) is 11.8 Å². The molecule has 5 nitrogen and oxygen atoms in total. The fourth-order valence-electron chi connectivity index (χ4n) is 4.37. The van der Waals surface area contributed by atoms with Crippen LogP contribution in [0.2, 0.25) is 5.02 Å². The molecule has 2 aromatic carbocycles. The van der Waals surface area contributed by atoms with E-state index in [4.69, 9.17) is 16.6 Å². The number of nitrogens with zero attached hydrogens (tertiary/aromatic N) is 3. The highest BCUT2D eigenvalue weighted by molar-refractivity contribution is 6.35. The number of pyridine rings is 2. The molecule has 2 amide bonds. The number of fused-ring (bicyclic) bond motifs is 2. The molecule has 7 heteroatoms. The number of amides is 2. The lowest BCUT2D eigenvalue weighted by Gasteiger charge is -2.25. The van der Waals surface area contributed by atoms with Gasteiger partial charge in [0.05, 0.1) is 39.6 Å². The van der Waals surface area contributed by atoms with E-state index >= 15 is 0 Å². The van der Waals surface area contributed by atoms with Gasteiger partial charge in [-0.25, -0.2) is 9.37 Å². The summed E-state index contributed by atoms with van der Waals surface area (Å²) in [4.78, 5) is 36.6. The fraction of sp³-hybridized carbons (Fsp3) is 0.154. The Hall–Kier alpha value is -3.64. The number of imide groups is 1. The van der Waals surface area contributed by atoms with Crippen LogP contribution in [0.4, 0.5) is 4.39 Å². The number of rotatable bonds is 4. The van der Waals surface area contributed by atoms with Crippen molar-refractivity contribution in [1.82, 2.24) is 14.9 Å². The van der Waals surface area contributed by atoms with E-state index in [1.807, 2.05) is 25.1 Å². The topological polar surface area (TPSA) is 63.2 Å². The van der Waals surface area contributed by atoms with Crippen LogP contribution in [-0.4, -0.2) is 26.7 Å². The zero-order chi connectivity index (χ0) is 23.3. The molecule has 4 aromatic rings. The minimum atomic E-state index is -0.656. The van der Waals surface area contributed by atoms with E-state index in [2.05, 4.69) is 4.98 Å². The molecule has 0 N–H and O–H groups in total. The van der Waals surface area contributed by atoms with Gasteiger partial charge in [-0.1, -0.05) is 42.8 Å². The van der Waals surface area contributed by atoms with Gasteiger partial charge in [0.2, 0.25) is 0 Å². The maximum Gasteiger partial charge on any atom is 0.262 e. The smallest absolute Gasteiger partial charge is 0.262 e. The SMILES string of the molecule is CCc1ncc(F)cc1-c1nc2c(Cl)cccc2cc1[C@H](C)N1C(=O)c2ccccc2C1=O. The normalized spacial score (nSPS) is 14.1. The zero-order valence-electron chi connectivity index (χ0n) is 18.0. The molecule has 0 unspecified atom stereocenters. The molecule has 0 bridgehead atoms. The van der Waals surface area contributed by atoms with Crippen LogP contribution in [-0.2, 0) is 6.42 Å². The summed E-state index contributed by atoms with van der Waals surface area (Å²) in [6, 6.07) is 14.8. The number of hydrogen-bond donors (Lipinski definition) is 0. The first kappa shape index (κ1) is 21.2. The molecule has 1 atom stereocenters. The van der Waals surface area contributed by atoms with E-state index in [0.717, 1.165) is 5.39 Å². The average molecular weight is 460 g/mol. The van der Waals surface area contributed by atoms with Gasteiger partial charge in [-0.3, -0.25) is 19.5 Å². The first-order valence-corrected chi connectivity index (χ1v) is 11.0. The highest BCUT2D eigenvalue weighted by atomic mass is 35.5. The molecule has 0 saturated heterocycles. The van der Waals surface area contributed by atoms with Crippen molar-refractivity contribution in [3.8, 4) is 11.3 Å². The van der Waals surface area contributed by atoms with Crippen LogP contribution in [0.1, 0.15) is 51.9 Å². The minimum Gasteiger partial charge on any atom is -0.269 e. The number of benzene rings is 2. The number of para-hydroxylation sites is 1. The van der Waals surface area contributed by atoms with E-state index in [0.29, 0.717) is 50.6 Å². The standard InChI is InChI=1S/C26H19ClFN3O2/c1-3-22-20(12-16(28)13-29-22)24-19(11-15-7-6-10-21(27)23(15)30-24)14(2)31-25(32)17-8-4-5-9-18(17)26(31)33/h4-14H,3H2,1-2H3/t14-/m0/s1. The van der Waals surface area contributed by atoms with Crippen LogP contribution in [0, 0.1) is 5.82 Å². The van der Waals surface area contributed by atoms with E-state index in [1.165, 1.54) is 17.2 Å². The number of carbonyl (C=O) groups is 2. The zero-order valence-corrected chi connectivity index (χ0v) is 18.7. The van der Waals surface area contributed by atoms with Crippen molar-refractivity contribution in [2.24, 2.45) is 0 Å². The first-order chi connectivity index (χ1) is 15.9. The Morgan fingerprint density at radius 3 is 2.36 bits per heavy atom. The van der Waals surface area contributed by atoms with Gasteiger partial charge >= 0.3 is 0 Å². The first-order valence-electron chi connectivity index (χ1n) is 10.6. The summed E-state index contributed by atoms with van der Waals surface area (Å²) < 4.78 is 14.3. The second-order valence-corrected chi connectivity index (χ2v) is 8.35. The van der Waals surface area contributed by atoms with Crippen LogP contribution in [0.3, 0.4) is 0 Å². The summed E-state index contributed by atoms with van der Waals surface area (Å²) >= 11 is 6.42. The van der Waals surface area contributed by atoms with Crippen LogP contribution in [0.25, 0.3) is 22.2 Å². The largest absolute Gasteiger partial charge is 0.269 e. The summed E-state index contributed by atoms with van der Waals surface area (Å²) in [6.45, 7) is 3.70. The van der Waals surface area contributed by atoms with Gasteiger partial charge in [-0.2, -0.15) is 0 Å². The van der Waals surface area contributed by atoms with Crippen molar-refractivity contribution in [2.75, 3.05) is 0 Å². The summed E-state index contributed by atoms with van der Waals surface area (Å²) in [5.41, 5.74) is 3.52. The number of aryl methyl sites for hydroxylation is 1. The Balaban J connectivity index is 1.75. The van der Waals surface area contributed by atoms with Crippen molar-refractivity contribution in [3.63, 3.8) is 0 Å². The molecule has 164 valence electrons. The van der Waals surface area contributed by atoms with Gasteiger partial charge in [-0.15, -0.1) is 0 Å². The van der Waals surface area contributed by atoms with Crippen LogP contribution in [0.15, 0.2) is 60.8 Å². The molecule has 2 aromatic heterocycles. The minimum absolute atomic E-state index is 0.367. The van der Waals surface area contributed by atoms with Crippen LogP contribution < -0.4 is 0 Å². The quantitative estimate of drug-likeness (QED) is 0.351. The summed E-state index contributed by atoms with van der Waals surface area (Å²) in [6.07, 6.45) is 1.72. The number of aromatic nitrogens is 2. The van der Waals surface area contributed by atoms with Crippen molar-refractivity contribution < 1.29 is 14.0 Å². The van der Waals surface area contributed by atoms with E-state index < -0.39 is 11.9 Å². The second-order valence-electron chi connectivity index (χ2n) is 7.94. The highest BCUT2D eigenvalue weighted by Crippen LogP contribution is 2.38. The summed E-state index contributed by atoms with van der Waals surface area (Å²) in [7, 11) is 0. The molecule has 5 rings (SSSR count). The predicted octanol–water partition coefficient (Wildman–Crippen LogP) is 6.01. The highest BCUT2D eigenvalue weighted by Gasteiger charge is 2.39.